The second-order valence-corrected chi connectivity index (χ2v) is 35.8. The van der Waals surface area contributed by atoms with Gasteiger partial charge in [-0.15, -0.1) is 0 Å². The lowest BCUT2D eigenvalue weighted by atomic mass is 9.84. The van der Waals surface area contributed by atoms with Gasteiger partial charge >= 0.3 is 5.97 Å². The first-order valence-corrected chi connectivity index (χ1v) is 42.7. The molecule has 0 atom stereocenters. The van der Waals surface area contributed by atoms with Gasteiger partial charge in [-0.1, -0.05) is 159 Å². The molecule has 0 saturated heterocycles. The molecule has 1 aliphatic carbocycles. The Kier molecular flexibility index (Phi) is 28.9. The highest BCUT2D eigenvalue weighted by molar-refractivity contribution is 7.98. The zero-order chi connectivity index (χ0) is 76.9. The molecule has 0 amide bonds. The van der Waals surface area contributed by atoms with Gasteiger partial charge in [0.2, 0.25) is 0 Å². The molecule has 1 aliphatic rings. The Bertz CT molecular complexity index is 4950. The van der Waals surface area contributed by atoms with E-state index in [1.165, 1.54) is 93.5 Å². The van der Waals surface area contributed by atoms with E-state index in [9.17, 15) is 35.4 Å². The molecule has 0 heterocycles. The molecule has 16 rings (SSSR count). The summed E-state index contributed by atoms with van der Waals surface area (Å²) in [7, 11) is -0.964. The predicted molar refractivity (Wildman–Crippen MR) is 455 cm³/mol. The van der Waals surface area contributed by atoms with E-state index in [1.54, 1.807) is 72.8 Å². The van der Waals surface area contributed by atoms with E-state index in [1.807, 2.05) is 140 Å². The van der Waals surface area contributed by atoms with Gasteiger partial charge in [-0.25, -0.2) is 0 Å². The van der Waals surface area contributed by atoms with Crippen molar-refractivity contribution in [2.75, 3.05) is 0 Å². The normalized spacial score (nSPS) is 11.7. The van der Waals surface area contributed by atoms with Crippen molar-refractivity contribution in [1.82, 2.24) is 0 Å². The molecule has 1 fully saturated rings. The van der Waals surface area contributed by atoms with Crippen LogP contribution in [0.15, 0.2) is 480 Å². The predicted octanol–water partition coefficient (Wildman–Crippen LogP) is 24.1. The number of phenolic OH excluding ortho intramolecular Hbond substituents is 6. The molecule has 552 valence electrons. The van der Waals surface area contributed by atoms with Crippen LogP contribution in [0.4, 0.5) is 0 Å². The van der Waals surface area contributed by atoms with Gasteiger partial charge in [0.1, 0.15) is 40.2 Å². The monoisotopic (exact) mass is 1550 g/mol. The molecular formula is C98H87O8S5+5. The number of carbonyl (C=O) groups is 1. The Morgan fingerprint density at radius 2 is 0.387 bits per heavy atom. The number of rotatable bonds is 17. The molecular weight excluding hydrogens is 1470 g/mol. The van der Waals surface area contributed by atoms with E-state index in [4.69, 9.17) is 4.74 Å². The fourth-order valence-corrected chi connectivity index (χ4v) is 22.9. The van der Waals surface area contributed by atoms with Crippen molar-refractivity contribution >= 4 is 60.4 Å². The Labute approximate surface area is 666 Å². The van der Waals surface area contributed by atoms with Gasteiger partial charge in [-0.3, -0.25) is 4.79 Å². The Morgan fingerprint density at radius 3 is 0.568 bits per heavy atom. The maximum atomic E-state index is 11.1. The molecule has 0 radical (unpaired) electrons. The first kappa shape index (κ1) is 78.9. The molecule has 15 aromatic carbocycles. The van der Waals surface area contributed by atoms with Crippen LogP contribution in [-0.4, -0.2) is 36.6 Å². The van der Waals surface area contributed by atoms with Crippen LogP contribution < -0.4 is 4.74 Å². The standard InChI is InChI=1S/C24H25S.C20H17O2S.C18H14O3S.C18H14O2S.C18H14OS/c1-4-10-20(11-5-1)21-16-18-24(19-17-21)25(22-12-6-2-7-13-22)23-14-8-3-9-15-23;1-16(21)22-17-12-14-20(15-13-17)23(18-8-4-2-5-9-18)19-10-6-3-7-11-19;19-13-1-7-16(8-2-13)22(17-9-3-14(20)4-10-17)18-11-5-15(21)6-12-18;19-14-6-10-17(11-7-14)21(16-4-2-1-3-5-16)18-12-8-15(20)9-13-18;19-15-11-13-18(14-12-15)20(16-7-3-1-4-8-16)17-9-5-2-6-10-17/h2-3,6-9,12-20H,1,4-5,10-11H2;2-15H,1H3;1-12H,(H2-,19,20,21);1-13H,(H-,19,20);1-14H/q2*+1;;;/p+3. The summed E-state index contributed by atoms with van der Waals surface area (Å²) in [5, 5.41) is 56.9. The van der Waals surface area contributed by atoms with Crippen LogP contribution in [0.25, 0.3) is 0 Å². The second-order valence-electron chi connectivity index (χ2n) is 25.7. The highest BCUT2D eigenvalue weighted by Crippen LogP contribution is 2.40. The van der Waals surface area contributed by atoms with Gasteiger partial charge in [0, 0.05) is 6.92 Å². The van der Waals surface area contributed by atoms with Crippen molar-refractivity contribution < 1.29 is 40.2 Å². The lowest BCUT2D eigenvalue weighted by molar-refractivity contribution is -0.131. The minimum absolute atomic E-state index is 0.0278. The van der Waals surface area contributed by atoms with Gasteiger partial charge < -0.3 is 35.4 Å². The number of aromatic hydroxyl groups is 6. The highest BCUT2D eigenvalue weighted by atomic mass is 32.2. The molecule has 0 aliphatic heterocycles. The van der Waals surface area contributed by atoms with Gasteiger partial charge in [0.05, 0.1) is 54.5 Å². The lowest BCUT2D eigenvalue weighted by Crippen LogP contribution is -2.07. The van der Waals surface area contributed by atoms with Crippen LogP contribution in [0.3, 0.4) is 0 Å². The third-order valence-electron chi connectivity index (χ3n) is 17.8. The van der Waals surface area contributed by atoms with E-state index >= 15 is 0 Å². The molecule has 0 spiro atoms. The summed E-state index contributed by atoms with van der Waals surface area (Å²) < 4.78 is 5.12. The van der Waals surface area contributed by atoms with E-state index in [0.29, 0.717) is 11.5 Å². The van der Waals surface area contributed by atoms with Gasteiger partial charge in [0.25, 0.3) is 0 Å². The summed E-state index contributed by atoms with van der Waals surface area (Å²) in [5.74, 6) is 2.56. The molecule has 0 bridgehead atoms. The molecule has 111 heavy (non-hydrogen) atoms. The molecule has 1 saturated carbocycles. The third-order valence-corrected chi connectivity index (χ3v) is 29.0. The number of carbonyl (C=O) groups excluding carboxylic acids is 1. The number of hydrogen-bond acceptors (Lipinski definition) is 8. The summed E-state index contributed by atoms with van der Waals surface area (Å²) in [6.45, 7) is 1.41. The lowest BCUT2D eigenvalue weighted by Gasteiger charge is -2.22. The van der Waals surface area contributed by atoms with E-state index < -0.39 is 0 Å². The van der Waals surface area contributed by atoms with Crippen molar-refractivity contribution in [3.63, 3.8) is 0 Å². The average molecular weight is 1550 g/mol. The minimum Gasteiger partial charge on any atom is -0.508 e. The van der Waals surface area contributed by atoms with Crippen LogP contribution in [-0.2, 0) is 59.3 Å². The van der Waals surface area contributed by atoms with E-state index in [2.05, 4.69) is 194 Å². The summed E-state index contributed by atoms with van der Waals surface area (Å²) in [6, 6.07) is 135. The molecule has 6 N–H and O–H groups in total. The Hall–Kier alpha value is -11.7. The molecule has 15 aromatic rings. The number of benzene rings is 15. The van der Waals surface area contributed by atoms with Crippen molar-refractivity contribution in [2.24, 2.45) is 0 Å². The molecule has 0 aromatic heterocycles. The Morgan fingerprint density at radius 1 is 0.225 bits per heavy atom. The maximum Gasteiger partial charge on any atom is 0.308 e. The SMILES string of the molecule is CC(=O)Oc1ccc([S+](c2ccccc2)c2ccccc2)cc1.Oc1ccc([S+](c2ccc(O)cc2)c2ccc(O)cc2)cc1.Oc1ccc([S+](c2ccccc2)c2ccc(O)cc2)cc1.Oc1ccc([S+](c2ccccc2)c2ccccc2)cc1.c1ccc([S+](c2ccccc2)c2ccc(C3CCCCC3)cc2)cc1. The highest BCUT2D eigenvalue weighted by Gasteiger charge is 2.34. The van der Waals surface area contributed by atoms with Crippen molar-refractivity contribution in [2.45, 2.75) is 118 Å². The number of ether oxygens (including phenoxy) is 1. The summed E-state index contributed by atoms with van der Waals surface area (Å²) >= 11 is 0. The van der Waals surface area contributed by atoms with Crippen LogP contribution in [0.1, 0.15) is 50.5 Å². The minimum atomic E-state index is -0.373. The summed E-state index contributed by atoms with van der Waals surface area (Å²) in [6.07, 6.45) is 6.93. The van der Waals surface area contributed by atoms with Crippen molar-refractivity contribution in [3.8, 4) is 40.2 Å². The molecule has 0 unspecified atom stereocenters. The van der Waals surface area contributed by atoms with E-state index in [0.717, 1.165) is 30.4 Å². The number of esters is 1. The van der Waals surface area contributed by atoms with Crippen LogP contribution in [0.2, 0.25) is 0 Å². The van der Waals surface area contributed by atoms with Crippen molar-refractivity contribution in [3.05, 3.63) is 412 Å². The van der Waals surface area contributed by atoms with Gasteiger partial charge in [-0.05, 0) is 291 Å². The van der Waals surface area contributed by atoms with Crippen LogP contribution >= 0.6 is 0 Å². The fourth-order valence-electron chi connectivity index (χ4n) is 12.6. The van der Waals surface area contributed by atoms with E-state index in [-0.39, 0.29) is 89.2 Å². The smallest absolute Gasteiger partial charge is 0.308 e. The van der Waals surface area contributed by atoms with Crippen LogP contribution in [0, 0.1) is 0 Å². The first-order valence-electron chi connectivity index (χ1n) is 36.6. The summed E-state index contributed by atoms with van der Waals surface area (Å²) in [5.41, 5.74) is 1.54. The van der Waals surface area contributed by atoms with Crippen molar-refractivity contribution in [1.29, 1.82) is 0 Å². The Balaban J connectivity index is 0.000000129. The zero-order valence-corrected chi connectivity index (χ0v) is 65.4. The third kappa shape index (κ3) is 22.7. The number of hydrogen-bond donors (Lipinski definition) is 6. The summed E-state index contributed by atoms with van der Waals surface area (Å²) in [4.78, 5) is 29.3. The van der Waals surface area contributed by atoms with Crippen LogP contribution in [0.5, 0.6) is 40.2 Å². The zero-order valence-electron chi connectivity index (χ0n) is 61.3. The maximum absolute atomic E-state index is 11.1. The van der Waals surface area contributed by atoms with Gasteiger partial charge in [-0.2, -0.15) is 0 Å². The quantitative estimate of drug-likeness (QED) is 0.0300. The topological polar surface area (TPSA) is 148 Å². The number of phenols is 6. The molecule has 8 nitrogen and oxygen atoms in total. The first-order chi connectivity index (χ1) is 54.4. The average Bonchev–Trinajstić information content (AvgIpc) is 1.01. The second kappa shape index (κ2) is 40.7. The largest absolute Gasteiger partial charge is 0.508 e. The van der Waals surface area contributed by atoms with Gasteiger partial charge in [0.15, 0.2) is 73.4 Å². The fraction of sp³-hybridized carbons (Fsp3) is 0.0714. The molecule has 13 heteroatoms.